The highest BCUT2D eigenvalue weighted by Crippen LogP contribution is 2.44. The summed E-state index contributed by atoms with van der Waals surface area (Å²) in [5.41, 5.74) is 0.953. The van der Waals surface area contributed by atoms with E-state index in [1.807, 2.05) is 18.2 Å². The average Bonchev–Trinajstić information content (AvgIpc) is 2.45. The quantitative estimate of drug-likeness (QED) is 0.905. The molecule has 2 saturated carbocycles. The van der Waals surface area contributed by atoms with Crippen LogP contribution in [0, 0.1) is 17.2 Å². The highest BCUT2D eigenvalue weighted by molar-refractivity contribution is 5.36. The molecule has 0 radical (unpaired) electrons. The van der Waals surface area contributed by atoms with Crippen LogP contribution in [0.4, 0.5) is 0 Å². The first-order valence-corrected chi connectivity index (χ1v) is 7.96. The van der Waals surface area contributed by atoms with Crippen LogP contribution in [0.3, 0.4) is 0 Å². The molecule has 106 valence electrons. The third-order valence-corrected chi connectivity index (χ3v) is 5.29. The van der Waals surface area contributed by atoms with Crippen LogP contribution in [0.5, 0.6) is 0 Å². The van der Waals surface area contributed by atoms with Crippen LogP contribution in [-0.2, 0) is 5.41 Å². The van der Waals surface area contributed by atoms with Crippen LogP contribution >= 0.6 is 0 Å². The zero-order chi connectivity index (χ0) is 14.0. The molecule has 3 rings (SSSR count). The molecule has 1 N–H and O–H groups in total. The van der Waals surface area contributed by atoms with Gasteiger partial charge in [-0.1, -0.05) is 50.1 Å². The maximum Gasteiger partial charge on any atom is 0.0852 e. The third-order valence-electron chi connectivity index (χ3n) is 5.29. The average molecular weight is 268 g/mol. The summed E-state index contributed by atoms with van der Waals surface area (Å²) in [6, 6.07) is 14.1. The van der Waals surface area contributed by atoms with E-state index in [0.717, 1.165) is 18.8 Å². The van der Waals surface area contributed by atoms with Crippen LogP contribution < -0.4 is 5.32 Å². The number of nitrogens with one attached hydrogen (secondary N) is 1. The molecule has 0 amide bonds. The molecule has 1 aromatic rings. The fourth-order valence-corrected chi connectivity index (χ4v) is 3.91. The first kappa shape index (κ1) is 13.6. The molecule has 20 heavy (non-hydrogen) atoms. The maximum atomic E-state index is 9.59. The minimum atomic E-state index is -0.239. The van der Waals surface area contributed by atoms with Crippen LogP contribution in [0.2, 0.25) is 0 Å². The molecule has 2 atom stereocenters. The van der Waals surface area contributed by atoms with Gasteiger partial charge in [0.05, 0.1) is 11.5 Å². The highest BCUT2D eigenvalue weighted by atomic mass is 15.0. The highest BCUT2D eigenvalue weighted by Gasteiger charge is 2.46. The molecular weight excluding hydrogens is 244 g/mol. The first-order valence-electron chi connectivity index (χ1n) is 7.96. The molecule has 2 nitrogen and oxygen atoms in total. The number of nitriles is 1. The van der Waals surface area contributed by atoms with E-state index < -0.39 is 0 Å². The van der Waals surface area contributed by atoms with Gasteiger partial charge >= 0.3 is 0 Å². The SMILES string of the molecule is CC1CCCCC1NC1CC(C#N)(c2ccccc2)C1. The maximum absolute atomic E-state index is 9.59. The van der Waals surface area contributed by atoms with E-state index in [-0.39, 0.29) is 5.41 Å². The Morgan fingerprint density at radius 2 is 1.85 bits per heavy atom. The molecule has 2 aliphatic rings. The van der Waals surface area contributed by atoms with E-state index >= 15 is 0 Å². The number of nitrogens with zero attached hydrogens (tertiary/aromatic N) is 1. The van der Waals surface area contributed by atoms with Gasteiger partial charge in [-0.25, -0.2) is 0 Å². The van der Waals surface area contributed by atoms with E-state index in [4.69, 9.17) is 0 Å². The molecule has 0 aromatic heterocycles. The molecular formula is C18H24N2. The summed E-state index contributed by atoms with van der Waals surface area (Å²) in [5.74, 6) is 0.789. The van der Waals surface area contributed by atoms with Crippen molar-refractivity contribution in [3.63, 3.8) is 0 Å². The van der Waals surface area contributed by atoms with E-state index in [0.29, 0.717) is 12.1 Å². The number of hydrogen-bond acceptors (Lipinski definition) is 2. The van der Waals surface area contributed by atoms with E-state index in [1.54, 1.807) is 0 Å². The van der Waals surface area contributed by atoms with Gasteiger partial charge in [0.2, 0.25) is 0 Å². The monoisotopic (exact) mass is 268 g/mol. The summed E-state index contributed by atoms with van der Waals surface area (Å²) in [7, 11) is 0. The van der Waals surface area contributed by atoms with Crippen molar-refractivity contribution in [1.29, 1.82) is 5.26 Å². The number of rotatable bonds is 3. The van der Waals surface area contributed by atoms with Crippen molar-refractivity contribution in [3.05, 3.63) is 35.9 Å². The van der Waals surface area contributed by atoms with Crippen molar-refractivity contribution in [2.24, 2.45) is 5.92 Å². The minimum absolute atomic E-state index is 0.239. The Kier molecular flexibility index (Phi) is 3.81. The molecule has 0 aliphatic heterocycles. The summed E-state index contributed by atoms with van der Waals surface area (Å²) < 4.78 is 0. The zero-order valence-corrected chi connectivity index (χ0v) is 12.3. The standard InChI is InChI=1S/C18H24N2/c1-14-7-5-6-10-17(14)20-16-11-18(12-16,13-19)15-8-3-2-4-9-15/h2-4,8-9,14,16-17,20H,5-7,10-12H2,1H3. The molecule has 1 aromatic carbocycles. The molecule has 2 aliphatic carbocycles. The fourth-order valence-electron chi connectivity index (χ4n) is 3.91. The lowest BCUT2D eigenvalue weighted by atomic mass is 9.62. The second-order valence-corrected chi connectivity index (χ2v) is 6.70. The van der Waals surface area contributed by atoms with E-state index in [1.165, 1.54) is 31.2 Å². The van der Waals surface area contributed by atoms with Crippen molar-refractivity contribution in [2.45, 2.75) is 62.9 Å². The minimum Gasteiger partial charge on any atom is -0.311 e. The third kappa shape index (κ3) is 2.47. The van der Waals surface area contributed by atoms with Crippen molar-refractivity contribution in [2.75, 3.05) is 0 Å². The van der Waals surface area contributed by atoms with Crippen molar-refractivity contribution in [3.8, 4) is 6.07 Å². The fraction of sp³-hybridized carbons (Fsp3) is 0.611. The first-order chi connectivity index (χ1) is 9.73. The Balaban J connectivity index is 1.61. The van der Waals surface area contributed by atoms with Gasteiger partial charge < -0.3 is 5.32 Å². The van der Waals surface area contributed by atoms with E-state index in [9.17, 15) is 5.26 Å². The molecule has 0 bridgehead atoms. The van der Waals surface area contributed by atoms with Gasteiger partial charge in [-0.3, -0.25) is 0 Å². The Morgan fingerprint density at radius 3 is 2.50 bits per heavy atom. The summed E-state index contributed by atoms with van der Waals surface area (Å²) in [6.45, 7) is 2.37. The molecule has 2 heteroatoms. The summed E-state index contributed by atoms with van der Waals surface area (Å²) in [5, 5.41) is 13.4. The van der Waals surface area contributed by atoms with Gasteiger partial charge in [0.25, 0.3) is 0 Å². The summed E-state index contributed by atoms with van der Waals surface area (Å²) >= 11 is 0. The van der Waals surface area contributed by atoms with Crippen LogP contribution in [0.25, 0.3) is 0 Å². The Labute approximate surface area is 122 Å². The van der Waals surface area contributed by atoms with Gasteiger partial charge in [0.15, 0.2) is 0 Å². The van der Waals surface area contributed by atoms with Crippen LogP contribution in [0.15, 0.2) is 30.3 Å². The van der Waals surface area contributed by atoms with Crippen LogP contribution in [-0.4, -0.2) is 12.1 Å². The Morgan fingerprint density at radius 1 is 1.15 bits per heavy atom. The largest absolute Gasteiger partial charge is 0.311 e. The lowest BCUT2D eigenvalue weighted by Gasteiger charge is -2.46. The van der Waals surface area contributed by atoms with Crippen molar-refractivity contribution in [1.82, 2.24) is 5.32 Å². The topological polar surface area (TPSA) is 35.8 Å². The summed E-state index contributed by atoms with van der Waals surface area (Å²) in [4.78, 5) is 0. The van der Waals surface area contributed by atoms with E-state index in [2.05, 4.69) is 30.4 Å². The summed E-state index contributed by atoms with van der Waals surface area (Å²) in [6.07, 6.45) is 7.34. The van der Waals surface area contributed by atoms with Gasteiger partial charge in [-0.2, -0.15) is 5.26 Å². The zero-order valence-electron chi connectivity index (χ0n) is 12.3. The lowest BCUT2D eigenvalue weighted by molar-refractivity contribution is 0.169. The lowest BCUT2D eigenvalue weighted by Crippen LogP contribution is -2.55. The second kappa shape index (κ2) is 5.58. The van der Waals surface area contributed by atoms with Crippen molar-refractivity contribution < 1.29 is 0 Å². The smallest absolute Gasteiger partial charge is 0.0852 e. The molecule has 0 spiro atoms. The predicted octanol–water partition coefficient (Wildman–Crippen LogP) is 3.78. The number of hydrogen-bond donors (Lipinski definition) is 1. The normalized spacial score (nSPS) is 36.9. The number of benzene rings is 1. The second-order valence-electron chi connectivity index (χ2n) is 6.70. The van der Waals surface area contributed by atoms with Crippen molar-refractivity contribution >= 4 is 0 Å². The Bertz CT molecular complexity index is 482. The molecule has 2 unspecified atom stereocenters. The molecule has 0 heterocycles. The Hall–Kier alpha value is -1.33. The van der Waals surface area contributed by atoms with Gasteiger partial charge in [0.1, 0.15) is 0 Å². The predicted molar refractivity (Wildman–Crippen MR) is 81.3 cm³/mol. The molecule has 2 fully saturated rings. The van der Waals surface area contributed by atoms with Gasteiger partial charge in [-0.05, 0) is 37.2 Å². The molecule has 0 saturated heterocycles. The van der Waals surface area contributed by atoms with Gasteiger partial charge in [0, 0.05) is 12.1 Å². The van der Waals surface area contributed by atoms with Gasteiger partial charge in [-0.15, -0.1) is 0 Å². The van der Waals surface area contributed by atoms with Crippen LogP contribution in [0.1, 0.15) is 51.0 Å².